The lowest BCUT2D eigenvalue weighted by molar-refractivity contribution is 0.626. The largest absolute Gasteiger partial charge is 0.375 e. The molecule has 1 unspecified atom stereocenters. The summed E-state index contributed by atoms with van der Waals surface area (Å²) < 4.78 is 14.7. The Morgan fingerprint density at radius 2 is 2.12 bits per heavy atom. The van der Waals surface area contributed by atoms with E-state index in [-0.39, 0.29) is 11.9 Å². The van der Waals surface area contributed by atoms with Crippen LogP contribution in [0.15, 0.2) is 34.1 Å². The Kier molecular flexibility index (Phi) is 3.84. The lowest BCUT2D eigenvalue weighted by Crippen LogP contribution is -2.06. The first kappa shape index (κ1) is 12.6. The Balaban J connectivity index is 2.15. The summed E-state index contributed by atoms with van der Waals surface area (Å²) in [6.07, 6.45) is 0. The number of anilines is 1. The fraction of sp³-hybridized carbons (Fsp3) is 0.231. The van der Waals surface area contributed by atoms with Gasteiger partial charge in [0.2, 0.25) is 0 Å². The Hall–Kier alpha value is -0.870. The molecular weight excluding hydrogens is 301 g/mol. The van der Waals surface area contributed by atoms with E-state index >= 15 is 0 Å². The molecule has 0 saturated carbocycles. The second-order valence-corrected chi connectivity index (χ2v) is 5.88. The maximum Gasteiger partial charge on any atom is 0.146 e. The van der Waals surface area contributed by atoms with E-state index in [0.29, 0.717) is 5.69 Å². The first-order chi connectivity index (χ1) is 8.06. The normalized spacial score (nSPS) is 12.5. The van der Waals surface area contributed by atoms with Gasteiger partial charge < -0.3 is 5.32 Å². The highest BCUT2D eigenvalue weighted by atomic mass is 79.9. The number of benzene rings is 1. The summed E-state index contributed by atoms with van der Waals surface area (Å²) >= 11 is 5.07. The number of nitrogens with one attached hydrogen (secondary N) is 1. The van der Waals surface area contributed by atoms with E-state index in [1.807, 2.05) is 25.3 Å². The Labute approximate surface area is 113 Å². The molecule has 0 spiro atoms. The van der Waals surface area contributed by atoms with E-state index in [9.17, 15) is 4.39 Å². The molecule has 1 atom stereocenters. The SMILES string of the molecule is Cc1ccc(NC(C)c2cc(Br)cs2)c(F)c1. The average molecular weight is 314 g/mol. The molecule has 0 aliphatic carbocycles. The van der Waals surface area contributed by atoms with Crippen LogP contribution in [0.25, 0.3) is 0 Å². The van der Waals surface area contributed by atoms with Crippen LogP contribution in [0.4, 0.5) is 10.1 Å². The van der Waals surface area contributed by atoms with Gasteiger partial charge in [-0.15, -0.1) is 11.3 Å². The molecule has 0 amide bonds. The molecule has 1 heterocycles. The third-order valence-corrected chi connectivity index (χ3v) is 4.39. The first-order valence-electron chi connectivity index (χ1n) is 5.33. The highest BCUT2D eigenvalue weighted by Gasteiger charge is 2.10. The van der Waals surface area contributed by atoms with Crippen LogP contribution < -0.4 is 5.32 Å². The maximum absolute atomic E-state index is 13.7. The van der Waals surface area contributed by atoms with Crippen molar-refractivity contribution in [1.29, 1.82) is 0 Å². The Bertz CT molecular complexity index is 524. The van der Waals surface area contributed by atoms with Gasteiger partial charge in [0.05, 0.1) is 11.7 Å². The average Bonchev–Trinajstić information content (AvgIpc) is 2.69. The van der Waals surface area contributed by atoms with Crippen LogP contribution in [0.3, 0.4) is 0 Å². The number of thiophene rings is 1. The maximum atomic E-state index is 13.7. The van der Waals surface area contributed by atoms with Gasteiger partial charge in [-0.1, -0.05) is 6.07 Å². The summed E-state index contributed by atoms with van der Waals surface area (Å²) in [5.74, 6) is -0.201. The number of hydrogen-bond donors (Lipinski definition) is 1. The standard InChI is InChI=1S/C13H13BrFNS/c1-8-3-4-12(11(15)5-8)16-9(2)13-6-10(14)7-17-13/h3-7,9,16H,1-2H3. The molecule has 1 N–H and O–H groups in total. The topological polar surface area (TPSA) is 12.0 Å². The van der Waals surface area contributed by atoms with E-state index in [2.05, 4.69) is 27.3 Å². The zero-order chi connectivity index (χ0) is 12.4. The third kappa shape index (κ3) is 3.07. The summed E-state index contributed by atoms with van der Waals surface area (Å²) in [5.41, 5.74) is 1.48. The molecule has 0 aliphatic heterocycles. The van der Waals surface area contributed by atoms with E-state index in [1.165, 1.54) is 4.88 Å². The van der Waals surface area contributed by atoms with Crippen LogP contribution in [-0.2, 0) is 0 Å². The summed E-state index contributed by atoms with van der Waals surface area (Å²) in [7, 11) is 0. The van der Waals surface area contributed by atoms with Crippen LogP contribution in [0.5, 0.6) is 0 Å². The van der Waals surface area contributed by atoms with Crippen molar-refractivity contribution in [2.75, 3.05) is 5.32 Å². The van der Waals surface area contributed by atoms with Gasteiger partial charge in [-0.25, -0.2) is 4.39 Å². The first-order valence-corrected chi connectivity index (χ1v) is 7.00. The van der Waals surface area contributed by atoms with Gasteiger partial charge in [-0.05, 0) is 53.5 Å². The van der Waals surface area contributed by atoms with Gasteiger partial charge in [-0.3, -0.25) is 0 Å². The summed E-state index contributed by atoms with van der Waals surface area (Å²) in [6, 6.07) is 7.38. The Morgan fingerprint density at radius 1 is 1.35 bits per heavy atom. The van der Waals surface area contributed by atoms with Crippen molar-refractivity contribution in [2.45, 2.75) is 19.9 Å². The lowest BCUT2D eigenvalue weighted by atomic mass is 10.2. The van der Waals surface area contributed by atoms with Crippen molar-refractivity contribution in [3.05, 3.63) is 50.4 Å². The van der Waals surface area contributed by atoms with Crippen molar-refractivity contribution in [3.8, 4) is 0 Å². The van der Waals surface area contributed by atoms with Crippen LogP contribution in [0.2, 0.25) is 0 Å². The molecule has 0 fully saturated rings. The highest BCUT2D eigenvalue weighted by molar-refractivity contribution is 9.10. The van der Waals surface area contributed by atoms with Gasteiger partial charge >= 0.3 is 0 Å². The minimum atomic E-state index is -0.201. The molecule has 1 nitrogen and oxygen atoms in total. The zero-order valence-electron chi connectivity index (χ0n) is 9.63. The predicted octanol–water partition coefficient (Wildman–Crippen LogP) is 5.13. The van der Waals surface area contributed by atoms with Crippen molar-refractivity contribution in [2.24, 2.45) is 0 Å². The van der Waals surface area contributed by atoms with Crippen molar-refractivity contribution in [1.82, 2.24) is 0 Å². The molecule has 2 aromatic rings. The van der Waals surface area contributed by atoms with Crippen molar-refractivity contribution >= 4 is 33.0 Å². The summed E-state index contributed by atoms with van der Waals surface area (Å²) in [6.45, 7) is 3.91. The predicted molar refractivity (Wildman–Crippen MR) is 75.2 cm³/mol. The van der Waals surface area contributed by atoms with E-state index in [0.717, 1.165) is 10.0 Å². The van der Waals surface area contributed by atoms with Gasteiger partial charge in [0, 0.05) is 14.7 Å². The van der Waals surface area contributed by atoms with Crippen molar-refractivity contribution < 1.29 is 4.39 Å². The van der Waals surface area contributed by atoms with Crippen LogP contribution in [-0.4, -0.2) is 0 Å². The molecule has 1 aromatic heterocycles. The molecule has 2 rings (SSSR count). The van der Waals surface area contributed by atoms with Crippen LogP contribution in [0.1, 0.15) is 23.4 Å². The monoisotopic (exact) mass is 313 g/mol. The van der Waals surface area contributed by atoms with Gasteiger partial charge in [0.1, 0.15) is 5.82 Å². The molecule has 0 aliphatic rings. The molecule has 4 heteroatoms. The number of halogens is 2. The number of aryl methyl sites for hydroxylation is 1. The van der Waals surface area contributed by atoms with Crippen LogP contribution >= 0.6 is 27.3 Å². The second kappa shape index (κ2) is 5.19. The quantitative estimate of drug-likeness (QED) is 0.828. The number of hydrogen-bond acceptors (Lipinski definition) is 2. The van der Waals surface area contributed by atoms with E-state index in [4.69, 9.17) is 0 Å². The molecule has 90 valence electrons. The molecular formula is C13H13BrFNS. The molecule has 0 radical (unpaired) electrons. The fourth-order valence-corrected chi connectivity index (χ4v) is 3.05. The zero-order valence-corrected chi connectivity index (χ0v) is 12.0. The van der Waals surface area contributed by atoms with E-state index in [1.54, 1.807) is 23.5 Å². The molecule has 0 bridgehead atoms. The minimum absolute atomic E-state index is 0.100. The van der Waals surface area contributed by atoms with Crippen molar-refractivity contribution in [3.63, 3.8) is 0 Å². The van der Waals surface area contributed by atoms with E-state index < -0.39 is 0 Å². The second-order valence-electron chi connectivity index (χ2n) is 4.02. The molecule has 1 aromatic carbocycles. The lowest BCUT2D eigenvalue weighted by Gasteiger charge is -2.14. The fourth-order valence-electron chi connectivity index (χ4n) is 1.60. The third-order valence-electron chi connectivity index (χ3n) is 2.51. The van der Waals surface area contributed by atoms with Gasteiger partial charge in [0.15, 0.2) is 0 Å². The summed E-state index contributed by atoms with van der Waals surface area (Å²) in [4.78, 5) is 1.18. The molecule has 0 saturated heterocycles. The Morgan fingerprint density at radius 3 is 2.71 bits per heavy atom. The number of rotatable bonds is 3. The minimum Gasteiger partial charge on any atom is -0.375 e. The smallest absolute Gasteiger partial charge is 0.146 e. The van der Waals surface area contributed by atoms with Gasteiger partial charge in [0.25, 0.3) is 0 Å². The van der Waals surface area contributed by atoms with Gasteiger partial charge in [-0.2, -0.15) is 0 Å². The highest BCUT2D eigenvalue weighted by Crippen LogP contribution is 2.28. The molecule has 17 heavy (non-hydrogen) atoms. The summed E-state index contributed by atoms with van der Waals surface area (Å²) in [5, 5.41) is 5.21. The van der Waals surface area contributed by atoms with Crippen LogP contribution in [0, 0.1) is 12.7 Å².